The molecule has 94 valence electrons. The maximum atomic E-state index is 11.9. The molecule has 0 bridgehead atoms. The Kier molecular flexibility index (Phi) is 5.19. The van der Waals surface area contributed by atoms with E-state index in [0.29, 0.717) is 6.54 Å². The van der Waals surface area contributed by atoms with Gasteiger partial charge in [0.25, 0.3) is 0 Å². The van der Waals surface area contributed by atoms with Crippen molar-refractivity contribution in [2.45, 2.75) is 39.1 Å². The van der Waals surface area contributed by atoms with Crippen molar-refractivity contribution in [3.63, 3.8) is 0 Å². The van der Waals surface area contributed by atoms with Gasteiger partial charge in [-0.3, -0.25) is 4.79 Å². The SMILES string of the molecule is CCC(C)(C)C(=O)NCc1ccc(CBr)cc1. The molecule has 3 heteroatoms. The summed E-state index contributed by atoms with van der Waals surface area (Å²) in [5, 5.41) is 3.84. The van der Waals surface area contributed by atoms with Gasteiger partial charge in [-0.2, -0.15) is 0 Å². The molecular weight excluding hydrogens is 278 g/mol. The molecule has 1 aromatic carbocycles. The number of rotatable bonds is 5. The quantitative estimate of drug-likeness (QED) is 0.826. The fourth-order valence-electron chi connectivity index (χ4n) is 1.33. The molecule has 1 N–H and O–H groups in total. The topological polar surface area (TPSA) is 29.1 Å². The normalized spacial score (nSPS) is 11.3. The standard InChI is InChI=1S/C14H20BrNO/c1-4-14(2,3)13(17)16-10-12-7-5-11(9-15)6-8-12/h5-8H,4,9-10H2,1-3H3,(H,16,17). The Labute approximate surface area is 112 Å². The molecule has 0 heterocycles. The number of benzene rings is 1. The van der Waals surface area contributed by atoms with Gasteiger partial charge in [-0.1, -0.05) is 61.0 Å². The molecular formula is C14H20BrNO. The number of nitrogens with one attached hydrogen (secondary N) is 1. The third-order valence-corrected chi connectivity index (χ3v) is 3.78. The van der Waals surface area contributed by atoms with Crippen molar-refractivity contribution in [2.24, 2.45) is 5.41 Å². The van der Waals surface area contributed by atoms with Crippen molar-refractivity contribution >= 4 is 21.8 Å². The van der Waals surface area contributed by atoms with Crippen molar-refractivity contribution in [2.75, 3.05) is 0 Å². The van der Waals surface area contributed by atoms with E-state index in [-0.39, 0.29) is 11.3 Å². The summed E-state index contributed by atoms with van der Waals surface area (Å²) in [6.07, 6.45) is 0.849. The Hall–Kier alpha value is -0.830. The summed E-state index contributed by atoms with van der Waals surface area (Å²) in [6, 6.07) is 8.24. The van der Waals surface area contributed by atoms with Crippen LogP contribution < -0.4 is 5.32 Å². The summed E-state index contributed by atoms with van der Waals surface area (Å²) >= 11 is 3.41. The number of alkyl halides is 1. The molecule has 0 saturated heterocycles. The third kappa shape index (κ3) is 4.15. The first-order chi connectivity index (χ1) is 7.99. The molecule has 1 aromatic rings. The minimum absolute atomic E-state index is 0.115. The predicted octanol–water partition coefficient (Wildman–Crippen LogP) is 3.63. The first-order valence-corrected chi connectivity index (χ1v) is 7.04. The van der Waals surface area contributed by atoms with Crippen LogP contribution >= 0.6 is 15.9 Å². The lowest BCUT2D eigenvalue weighted by molar-refractivity contribution is -0.129. The van der Waals surface area contributed by atoms with Gasteiger partial charge in [0.2, 0.25) is 5.91 Å². The molecule has 0 aromatic heterocycles. The zero-order chi connectivity index (χ0) is 12.9. The Morgan fingerprint density at radius 1 is 1.24 bits per heavy atom. The van der Waals surface area contributed by atoms with Crippen LogP contribution in [-0.4, -0.2) is 5.91 Å². The third-order valence-electron chi connectivity index (χ3n) is 3.13. The minimum atomic E-state index is -0.282. The molecule has 0 radical (unpaired) electrons. The molecule has 0 fully saturated rings. The lowest BCUT2D eigenvalue weighted by Gasteiger charge is -2.21. The van der Waals surface area contributed by atoms with Crippen LogP contribution in [0.1, 0.15) is 38.3 Å². The summed E-state index contributed by atoms with van der Waals surface area (Å²) in [5.41, 5.74) is 2.10. The van der Waals surface area contributed by atoms with Gasteiger partial charge >= 0.3 is 0 Å². The van der Waals surface area contributed by atoms with E-state index in [1.807, 2.05) is 20.8 Å². The van der Waals surface area contributed by atoms with Crippen LogP contribution in [0.25, 0.3) is 0 Å². The van der Waals surface area contributed by atoms with Crippen LogP contribution in [0, 0.1) is 5.41 Å². The summed E-state index contributed by atoms with van der Waals surface area (Å²) < 4.78 is 0. The summed E-state index contributed by atoms with van der Waals surface area (Å²) in [6.45, 7) is 6.57. The van der Waals surface area contributed by atoms with Gasteiger partial charge in [0.15, 0.2) is 0 Å². The fourth-order valence-corrected chi connectivity index (χ4v) is 1.70. The highest BCUT2D eigenvalue weighted by Crippen LogP contribution is 2.19. The molecule has 1 amide bonds. The van der Waals surface area contributed by atoms with Gasteiger partial charge in [-0.05, 0) is 17.5 Å². The molecule has 0 saturated carbocycles. The van der Waals surface area contributed by atoms with E-state index in [9.17, 15) is 4.79 Å². The molecule has 17 heavy (non-hydrogen) atoms. The first kappa shape index (κ1) is 14.2. The highest BCUT2D eigenvalue weighted by Gasteiger charge is 2.24. The van der Waals surface area contributed by atoms with Crippen molar-refractivity contribution in [1.29, 1.82) is 0 Å². The first-order valence-electron chi connectivity index (χ1n) is 5.91. The second-order valence-electron chi connectivity index (χ2n) is 4.87. The maximum Gasteiger partial charge on any atom is 0.225 e. The van der Waals surface area contributed by atoms with E-state index in [1.54, 1.807) is 0 Å². The highest BCUT2D eigenvalue weighted by atomic mass is 79.9. The van der Waals surface area contributed by atoms with Crippen molar-refractivity contribution in [3.8, 4) is 0 Å². The molecule has 2 nitrogen and oxygen atoms in total. The number of hydrogen-bond acceptors (Lipinski definition) is 1. The summed E-state index contributed by atoms with van der Waals surface area (Å²) in [5.74, 6) is 0.115. The Balaban J connectivity index is 2.53. The largest absolute Gasteiger partial charge is 0.352 e. The van der Waals surface area contributed by atoms with E-state index < -0.39 is 0 Å². The average Bonchev–Trinajstić information content (AvgIpc) is 2.36. The van der Waals surface area contributed by atoms with Crippen molar-refractivity contribution in [1.82, 2.24) is 5.32 Å². The van der Waals surface area contributed by atoms with Gasteiger partial charge in [0.05, 0.1) is 0 Å². The van der Waals surface area contributed by atoms with Crippen LogP contribution in [-0.2, 0) is 16.7 Å². The number of halogens is 1. The maximum absolute atomic E-state index is 11.9. The average molecular weight is 298 g/mol. The summed E-state index contributed by atoms with van der Waals surface area (Å²) in [7, 11) is 0. The fraction of sp³-hybridized carbons (Fsp3) is 0.500. The number of amides is 1. The molecule has 1 rings (SSSR count). The van der Waals surface area contributed by atoms with Gasteiger partial charge in [0, 0.05) is 17.3 Å². The van der Waals surface area contributed by atoms with Crippen LogP contribution in [0.5, 0.6) is 0 Å². The van der Waals surface area contributed by atoms with E-state index in [2.05, 4.69) is 45.5 Å². The Morgan fingerprint density at radius 2 is 1.76 bits per heavy atom. The molecule has 0 unspecified atom stereocenters. The zero-order valence-corrected chi connectivity index (χ0v) is 12.3. The molecule has 0 aliphatic heterocycles. The number of carbonyl (C=O) groups excluding carboxylic acids is 1. The lowest BCUT2D eigenvalue weighted by Crippen LogP contribution is -2.35. The Morgan fingerprint density at radius 3 is 2.24 bits per heavy atom. The van der Waals surface area contributed by atoms with E-state index in [1.165, 1.54) is 5.56 Å². The van der Waals surface area contributed by atoms with Crippen LogP contribution in [0.15, 0.2) is 24.3 Å². The second-order valence-corrected chi connectivity index (χ2v) is 5.43. The molecule has 0 atom stereocenters. The van der Waals surface area contributed by atoms with Crippen LogP contribution in [0.3, 0.4) is 0 Å². The minimum Gasteiger partial charge on any atom is -0.352 e. The monoisotopic (exact) mass is 297 g/mol. The van der Waals surface area contributed by atoms with Gasteiger partial charge in [-0.15, -0.1) is 0 Å². The van der Waals surface area contributed by atoms with Gasteiger partial charge in [0.1, 0.15) is 0 Å². The van der Waals surface area contributed by atoms with E-state index >= 15 is 0 Å². The van der Waals surface area contributed by atoms with Crippen LogP contribution in [0.4, 0.5) is 0 Å². The zero-order valence-electron chi connectivity index (χ0n) is 10.7. The van der Waals surface area contributed by atoms with Crippen LogP contribution in [0.2, 0.25) is 0 Å². The van der Waals surface area contributed by atoms with E-state index in [0.717, 1.165) is 17.3 Å². The van der Waals surface area contributed by atoms with E-state index in [4.69, 9.17) is 0 Å². The molecule has 0 spiro atoms. The number of carbonyl (C=O) groups is 1. The Bertz CT molecular complexity index is 370. The van der Waals surface area contributed by atoms with Gasteiger partial charge < -0.3 is 5.32 Å². The number of hydrogen-bond donors (Lipinski definition) is 1. The predicted molar refractivity (Wildman–Crippen MR) is 75.0 cm³/mol. The second kappa shape index (κ2) is 6.20. The molecule has 0 aliphatic carbocycles. The lowest BCUT2D eigenvalue weighted by atomic mass is 9.89. The highest BCUT2D eigenvalue weighted by molar-refractivity contribution is 9.08. The molecule has 0 aliphatic rings. The smallest absolute Gasteiger partial charge is 0.225 e. The summed E-state index contributed by atoms with van der Waals surface area (Å²) in [4.78, 5) is 11.9. The van der Waals surface area contributed by atoms with Crippen molar-refractivity contribution < 1.29 is 4.79 Å². The van der Waals surface area contributed by atoms with Crippen molar-refractivity contribution in [3.05, 3.63) is 35.4 Å². The van der Waals surface area contributed by atoms with Gasteiger partial charge in [-0.25, -0.2) is 0 Å².